The second kappa shape index (κ2) is 5.85. The molecule has 1 aliphatic rings. The Morgan fingerprint density at radius 3 is 3.00 bits per heavy atom. The lowest BCUT2D eigenvalue weighted by molar-refractivity contribution is 0.386. The van der Waals surface area contributed by atoms with Crippen LogP contribution < -0.4 is 10.1 Å². The van der Waals surface area contributed by atoms with Crippen molar-refractivity contribution in [3.63, 3.8) is 0 Å². The highest BCUT2D eigenvalue weighted by Crippen LogP contribution is 2.26. The fourth-order valence-electron chi connectivity index (χ4n) is 2.86. The molecule has 1 aromatic carbocycles. The lowest BCUT2D eigenvalue weighted by Crippen LogP contribution is -2.24. The minimum Gasteiger partial charge on any atom is -0.494 e. The van der Waals surface area contributed by atoms with Gasteiger partial charge in [-0.2, -0.15) is 0 Å². The molecule has 0 fully saturated rings. The Hall–Kier alpha value is -1.88. The smallest absolute Gasteiger partial charge is 0.167 e. The van der Waals surface area contributed by atoms with Gasteiger partial charge in [-0.05, 0) is 18.6 Å². The van der Waals surface area contributed by atoms with Crippen LogP contribution in [0.2, 0.25) is 0 Å². The Morgan fingerprint density at radius 2 is 2.29 bits per heavy atom. The van der Waals surface area contributed by atoms with Crippen molar-refractivity contribution in [1.29, 1.82) is 0 Å². The highest BCUT2D eigenvalue weighted by Gasteiger charge is 2.20. The lowest BCUT2D eigenvalue weighted by Gasteiger charge is -2.16. The third-order valence-corrected chi connectivity index (χ3v) is 3.82. The van der Waals surface area contributed by atoms with Crippen molar-refractivity contribution in [2.24, 2.45) is 0 Å². The maximum atomic E-state index is 14.0. The van der Waals surface area contributed by atoms with E-state index in [2.05, 4.69) is 16.8 Å². The molecule has 1 N–H and O–H groups in total. The molecule has 1 aromatic heterocycles. The van der Waals surface area contributed by atoms with Crippen LogP contribution in [0.15, 0.2) is 18.2 Å². The summed E-state index contributed by atoms with van der Waals surface area (Å²) in [6.45, 7) is 3.85. The molecule has 4 nitrogen and oxygen atoms in total. The van der Waals surface area contributed by atoms with Gasteiger partial charge in [0.05, 0.1) is 18.5 Å². The molecule has 0 saturated carbocycles. The summed E-state index contributed by atoms with van der Waals surface area (Å²) in [7, 11) is 1.48. The number of fused-ring (bicyclic) bond motifs is 1. The third-order valence-electron chi connectivity index (χ3n) is 3.82. The Morgan fingerprint density at radius 1 is 1.43 bits per heavy atom. The van der Waals surface area contributed by atoms with Crippen molar-refractivity contribution >= 4 is 0 Å². The Kier molecular flexibility index (Phi) is 3.92. The molecule has 112 valence electrons. The number of methoxy groups -OCH3 is 1. The number of imidazole rings is 1. The number of aryl methyl sites for hydroxylation is 1. The summed E-state index contributed by atoms with van der Waals surface area (Å²) in [4.78, 5) is 4.74. The van der Waals surface area contributed by atoms with E-state index in [1.54, 1.807) is 6.07 Å². The Balaban J connectivity index is 2.11. The molecule has 2 aromatic rings. The van der Waals surface area contributed by atoms with Crippen molar-refractivity contribution in [2.45, 2.75) is 32.7 Å². The lowest BCUT2D eigenvalue weighted by atomic mass is 10.1. The van der Waals surface area contributed by atoms with Gasteiger partial charge in [0.15, 0.2) is 11.6 Å². The number of halogens is 1. The van der Waals surface area contributed by atoms with E-state index in [1.807, 2.05) is 6.07 Å². The molecule has 1 aliphatic heterocycles. The zero-order valence-corrected chi connectivity index (χ0v) is 12.4. The summed E-state index contributed by atoms with van der Waals surface area (Å²) in [5, 5.41) is 3.33. The average Bonchev–Trinajstić information content (AvgIpc) is 2.85. The number of hydrogen-bond donors (Lipinski definition) is 1. The van der Waals surface area contributed by atoms with Gasteiger partial charge in [0.2, 0.25) is 0 Å². The number of rotatable bonds is 4. The van der Waals surface area contributed by atoms with E-state index in [9.17, 15) is 4.39 Å². The summed E-state index contributed by atoms with van der Waals surface area (Å²) >= 11 is 0. The van der Waals surface area contributed by atoms with E-state index < -0.39 is 0 Å². The van der Waals surface area contributed by atoms with Gasteiger partial charge in [-0.15, -0.1) is 0 Å². The summed E-state index contributed by atoms with van der Waals surface area (Å²) in [6, 6.07) is 5.10. The Labute approximate surface area is 124 Å². The monoisotopic (exact) mass is 289 g/mol. The molecule has 0 bridgehead atoms. The van der Waals surface area contributed by atoms with Crippen LogP contribution in [0.25, 0.3) is 5.69 Å². The van der Waals surface area contributed by atoms with Crippen LogP contribution in [0.3, 0.4) is 0 Å². The fraction of sp³-hybridized carbons (Fsp3) is 0.438. The van der Waals surface area contributed by atoms with Gasteiger partial charge in [0.1, 0.15) is 5.82 Å². The van der Waals surface area contributed by atoms with E-state index in [4.69, 9.17) is 9.72 Å². The third kappa shape index (κ3) is 2.53. The van der Waals surface area contributed by atoms with Crippen LogP contribution in [0, 0.1) is 5.82 Å². The van der Waals surface area contributed by atoms with Crippen molar-refractivity contribution in [3.05, 3.63) is 41.2 Å². The van der Waals surface area contributed by atoms with Crippen molar-refractivity contribution < 1.29 is 9.13 Å². The van der Waals surface area contributed by atoms with Gasteiger partial charge >= 0.3 is 0 Å². The van der Waals surface area contributed by atoms with Crippen LogP contribution in [0.1, 0.15) is 30.6 Å². The first-order valence-electron chi connectivity index (χ1n) is 7.38. The van der Waals surface area contributed by atoms with Gasteiger partial charge in [-0.25, -0.2) is 9.37 Å². The second-order valence-electron chi connectivity index (χ2n) is 5.25. The fourth-order valence-corrected chi connectivity index (χ4v) is 2.86. The molecular weight excluding hydrogens is 269 g/mol. The van der Waals surface area contributed by atoms with Gasteiger partial charge in [-0.3, -0.25) is 0 Å². The first-order valence-corrected chi connectivity index (χ1v) is 7.38. The Bertz CT molecular complexity index is 651. The SMILES string of the molecule is CCCc1nc2c(n1-c1ccc(OC)c(F)c1)CCNC2. The predicted molar refractivity (Wildman–Crippen MR) is 79.5 cm³/mol. The van der Waals surface area contributed by atoms with E-state index in [1.165, 1.54) is 18.9 Å². The highest BCUT2D eigenvalue weighted by atomic mass is 19.1. The maximum Gasteiger partial charge on any atom is 0.167 e. The molecule has 0 atom stereocenters. The quantitative estimate of drug-likeness (QED) is 0.940. The maximum absolute atomic E-state index is 14.0. The number of nitrogens with one attached hydrogen (secondary N) is 1. The molecule has 21 heavy (non-hydrogen) atoms. The largest absolute Gasteiger partial charge is 0.494 e. The van der Waals surface area contributed by atoms with Crippen molar-refractivity contribution in [1.82, 2.24) is 14.9 Å². The van der Waals surface area contributed by atoms with E-state index in [-0.39, 0.29) is 11.6 Å². The number of ether oxygens (including phenoxy) is 1. The van der Waals surface area contributed by atoms with Crippen molar-refractivity contribution in [2.75, 3.05) is 13.7 Å². The van der Waals surface area contributed by atoms with Crippen LogP contribution in [-0.4, -0.2) is 23.2 Å². The minimum atomic E-state index is -0.339. The molecule has 0 saturated heterocycles. The number of benzene rings is 1. The molecule has 0 radical (unpaired) electrons. The molecule has 0 aliphatic carbocycles. The number of hydrogen-bond acceptors (Lipinski definition) is 3. The van der Waals surface area contributed by atoms with Gasteiger partial charge in [0.25, 0.3) is 0 Å². The van der Waals surface area contributed by atoms with E-state index in [0.717, 1.165) is 49.6 Å². The molecule has 0 amide bonds. The van der Waals surface area contributed by atoms with Gasteiger partial charge < -0.3 is 14.6 Å². The zero-order chi connectivity index (χ0) is 14.8. The molecule has 5 heteroatoms. The molecular formula is C16H20FN3O. The first kappa shape index (κ1) is 14.1. The summed E-state index contributed by atoms with van der Waals surface area (Å²) in [6.07, 6.45) is 2.82. The average molecular weight is 289 g/mol. The molecule has 0 unspecified atom stereocenters. The number of aromatic nitrogens is 2. The normalized spacial score (nSPS) is 14.0. The second-order valence-corrected chi connectivity index (χ2v) is 5.25. The van der Waals surface area contributed by atoms with E-state index in [0.29, 0.717) is 0 Å². The summed E-state index contributed by atoms with van der Waals surface area (Å²) < 4.78 is 21.1. The first-order chi connectivity index (χ1) is 10.2. The molecule has 3 rings (SSSR count). The molecule has 2 heterocycles. The summed E-state index contributed by atoms with van der Waals surface area (Å²) in [5.41, 5.74) is 3.11. The highest BCUT2D eigenvalue weighted by molar-refractivity contribution is 5.43. The minimum absolute atomic E-state index is 0.270. The van der Waals surface area contributed by atoms with E-state index >= 15 is 0 Å². The van der Waals surface area contributed by atoms with Crippen LogP contribution in [0.4, 0.5) is 4.39 Å². The topological polar surface area (TPSA) is 39.1 Å². The van der Waals surface area contributed by atoms with Gasteiger partial charge in [0, 0.05) is 37.7 Å². The number of nitrogens with zero attached hydrogens (tertiary/aromatic N) is 2. The van der Waals surface area contributed by atoms with Crippen molar-refractivity contribution in [3.8, 4) is 11.4 Å². The summed E-state index contributed by atoms with van der Waals surface area (Å²) in [5.74, 6) is 0.941. The predicted octanol–water partition coefficient (Wildman–Crippen LogP) is 2.62. The zero-order valence-electron chi connectivity index (χ0n) is 12.4. The van der Waals surface area contributed by atoms with Crippen LogP contribution >= 0.6 is 0 Å². The van der Waals surface area contributed by atoms with Crippen LogP contribution in [-0.2, 0) is 19.4 Å². The molecule has 0 spiro atoms. The standard InChI is InChI=1S/C16H20FN3O/c1-3-4-16-19-13-10-18-8-7-14(13)20(16)11-5-6-15(21-2)12(17)9-11/h5-6,9,18H,3-4,7-8,10H2,1-2H3. The van der Waals surface area contributed by atoms with Crippen LogP contribution in [0.5, 0.6) is 5.75 Å². The van der Waals surface area contributed by atoms with Gasteiger partial charge in [-0.1, -0.05) is 6.92 Å².